The third-order valence-electron chi connectivity index (χ3n) is 2.61. The molecule has 0 saturated carbocycles. The quantitative estimate of drug-likeness (QED) is 0.906. The Hall–Kier alpha value is -1.89. The number of anilines is 2. The summed E-state index contributed by atoms with van der Waals surface area (Å²) in [6.45, 7) is 4.45. The van der Waals surface area contributed by atoms with Crippen molar-refractivity contribution >= 4 is 33.3 Å². The minimum atomic E-state index is -0.359. The van der Waals surface area contributed by atoms with Gasteiger partial charge in [-0.3, -0.25) is 9.48 Å². The SMILES string of the molecule is CCn1cc(N)c(C(=O)Nc2ncc(Br)cc2C)n1. The summed E-state index contributed by atoms with van der Waals surface area (Å²) < 4.78 is 2.48. The van der Waals surface area contributed by atoms with Crippen molar-refractivity contribution in [2.75, 3.05) is 11.1 Å². The van der Waals surface area contributed by atoms with Gasteiger partial charge >= 0.3 is 0 Å². The molecule has 0 saturated heterocycles. The number of amides is 1. The average Bonchev–Trinajstić information content (AvgIpc) is 2.74. The van der Waals surface area contributed by atoms with Crippen molar-refractivity contribution < 1.29 is 4.79 Å². The number of carbonyl (C=O) groups excluding carboxylic acids is 1. The van der Waals surface area contributed by atoms with E-state index in [1.54, 1.807) is 17.1 Å². The Morgan fingerprint density at radius 1 is 1.58 bits per heavy atom. The molecule has 0 aliphatic carbocycles. The highest BCUT2D eigenvalue weighted by atomic mass is 79.9. The first-order chi connectivity index (χ1) is 9.01. The van der Waals surface area contributed by atoms with Crippen molar-refractivity contribution in [3.63, 3.8) is 0 Å². The second-order valence-electron chi connectivity index (χ2n) is 4.06. The number of rotatable bonds is 3. The number of nitrogen functional groups attached to an aromatic ring is 1. The zero-order chi connectivity index (χ0) is 14.0. The molecular formula is C12H14BrN5O. The van der Waals surface area contributed by atoms with E-state index >= 15 is 0 Å². The van der Waals surface area contributed by atoms with Crippen LogP contribution in [0.4, 0.5) is 11.5 Å². The summed E-state index contributed by atoms with van der Waals surface area (Å²) in [5.41, 5.74) is 7.19. The molecule has 0 aliphatic rings. The zero-order valence-electron chi connectivity index (χ0n) is 10.6. The summed E-state index contributed by atoms with van der Waals surface area (Å²) in [6, 6.07) is 1.87. The molecule has 0 aliphatic heterocycles. The molecule has 6 nitrogen and oxygen atoms in total. The van der Waals surface area contributed by atoms with E-state index in [-0.39, 0.29) is 11.6 Å². The van der Waals surface area contributed by atoms with Crippen molar-refractivity contribution in [3.8, 4) is 0 Å². The van der Waals surface area contributed by atoms with Gasteiger partial charge in [-0.15, -0.1) is 0 Å². The van der Waals surface area contributed by atoms with Crippen LogP contribution in [0.3, 0.4) is 0 Å². The van der Waals surface area contributed by atoms with Crippen LogP contribution in [0.25, 0.3) is 0 Å². The molecule has 2 aromatic rings. The first-order valence-corrected chi connectivity index (χ1v) is 6.57. The zero-order valence-corrected chi connectivity index (χ0v) is 12.2. The summed E-state index contributed by atoms with van der Waals surface area (Å²) in [7, 11) is 0. The molecule has 0 atom stereocenters. The number of aromatic nitrogens is 3. The monoisotopic (exact) mass is 323 g/mol. The van der Waals surface area contributed by atoms with Gasteiger partial charge in [-0.2, -0.15) is 5.10 Å². The fourth-order valence-electron chi connectivity index (χ4n) is 1.61. The average molecular weight is 324 g/mol. The van der Waals surface area contributed by atoms with Crippen molar-refractivity contribution in [2.24, 2.45) is 0 Å². The number of carbonyl (C=O) groups is 1. The normalized spacial score (nSPS) is 10.5. The lowest BCUT2D eigenvalue weighted by molar-refractivity contribution is 0.102. The number of hydrogen-bond acceptors (Lipinski definition) is 4. The lowest BCUT2D eigenvalue weighted by Crippen LogP contribution is -2.16. The number of aryl methyl sites for hydroxylation is 2. The molecular weight excluding hydrogens is 310 g/mol. The fourth-order valence-corrected chi connectivity index (χ4v) is 2.06. The first-order valence-electron chi connectivity index (χ1n) is 5.77. The van der Waals surface area contributed by atoms with Crippen molar-refractivity contribution in [1.82, 2.24) is 14.8 Å². The van der Waals surface area contributed by atoms with Crippen LogP contribution < -0.4 is 11.1 Å². The molecule has 100 valence electrons. The van der Waals surface area contributed by atoms with Crippen LogP contribution in [0, 0.1) is 6.92 Å². The largest absolute Gasteiger partial charge is 0.396 e. The number of nitrogens with two attached hydrogens (primary N) is 1. The van der Waals surface area contributed by atoms with Gasteiger partial charge in [-0.1, -0.05) is 0 Å². The van der Waals surface area contributed by atoms with Crippen LogP contribution in [0.15, 0.2) is 22.9 Å². The van der Waals surface area contributed by atoms with Crippen LogP contribution in [0.2, 0.25) is 0 Å². The molecule has 0 bridgehead atoms. The maximum Gasteiger partial charge on any atom is 0.279 e. The predicted molar refractivity (Wildman–Crippen MR) is 76.9 cm³/mol. The Balaban J connectivity index is 2.23. The van der Waals surface area contributed by atoms with Crippen molar-refractivity contribution in [2.45, 2.75) is 20.4 Å². The third kappa shape index (κ3) is 2.93. The highest BCUT2D eigenvalue weighted by molar-refractivity contribution is 9.10. The molecule has 7 heteroatoms. The number of nitrogens with zero attached hydrogens (tertiary/aromatic N) is 3. The van der Waals surface area contributed by atoms with Crippen LogP contribution >= 0.6 is 15.9 Å². The number of halogens is 1. The Morgan fingerprint density at radius 3 is 2.89 bits per heavy atom. The van der Waals surface area contributed by atoms with Crippen LogP contribution in [0.5, 0.6) is 0 Å². The predicted octanol–water partition coefficient (Wildman–Crippen LogP) is 2.20. The molecule has 2 aromatic heterocycles. The van der Waals surface area contributed by atoms with Gasteiger partial charge in [0.25, 0.3) is 5.91 Å². The summed E-state index contributed by atoms with van der Waals surface area (Å²) in [4.78, 5) is 16.2. The van der Waals surface area contributed by atoms with E-state index in [1.807, 2.05) is 19.9 Å². The lowest BCUT2D eigenvalue weighted by Gasteiger charge is -2.06. The van der Waals surface area contributed by atoms with Gasteiger partial charge in [0.2, 0.25) is 0 Å². The molecule has 0 spiro atoms. The standard InChI is InChI=1S/C12H14BrN5O/c1-3-18-6-9(14)10(17-18)12(19)16-11-7(2)4-8(13)5-15-11/h4-6H,3,14H2,1-2H3,(H,15,16,19). The molecule has 2 heterocycles. The van der Waals surface area contributed by atoms with Gasteiger partial charge < -0.3 is 11.1 Å². The minimum absolute atomic E-state index is 0.214. The smallest absolute Gasteiger partial charge is 0.279 e. The minimum Gasteiger partial charge on any atom is -0.396 e. The van der Waals surface area contributed by atoms with E-state index in [4.69, 9.17) is 5.73 Å². The number of nitrogens with one attached hydrogen (secondary N) is 1. The molecule has 2 rings (SSSR count). The molecule has 0 radical (unpaired) electrons. The molecule has 19 heavy (non-hydrogen) atoms. The van der Waals surface area contributed by atoms with E-state index in [0.29, 0.717) is 18.1 Å². The maximum atomic E-state index is 12.1. The van der Waals surface area contributed by atoms with Gasteiger partial charge in [0, 0.05) is 23.4 Å². The van der Waals surface area contributed by atoms with Gasteiger partial charge in [-0.05, 0) is 41.4 Å². The van der Waals surface area contributed by atoms with Crippen LogP contribution in [-0.2, 0) is 6.54 Å². The van der Waals surface area contributed by atoms with Gasteiger partial charge in [0.15, 0.2) is 5.69 Å². The molecule has 0 fully saturated rings. The highest BCUT2D eigenvalue weighted by Crippen LogP contribution is 2.18. The summed E-state index contributed by atoms with van der Waals surface area (Å²) >= 11 is 3.32. The first kappa shape index (κ1) is 13.5. The van der Waals surface area contributed by atoms with Gasteiger partial charge in [-0.25, -0.2) is 4.98 Å². The number of pyridine rings is 1. The molecule has 1 amide bonds. The van der Waals surface area contributed by atoms with Crippen molar-refractivity contribution in [3.05, 3.63) is 34.2 Å². The van der Waals surface area contributed by atoms with Gasteiger partial charge in [0.05, 0.1) is 5.69 Å². The third-order valence-corrected chi connectivity index (χ3v) is 3.04. The Kier molecular flexibility index (Phi) is 3.84. The second kappa shape index (κ2) is 5.40. The van der Waals surface area contributed by atoms with Gasteiger partial charge in [0.1, 0.15) is 5.82 Å². The maximum absolute atomic E-state index is 12.1. The Labute approximate surface area is 119 Å². The van der Waals surface area contributed by atoms with E-state index < -0.39 is 0 Å². The fraction of sp³-hybridized carbons (Fsp3) is 0.250. The van der Waals surface area contributed by atoms with E-state index in [2.05, 4.69) is 31.3 Å². The second-order valence-corrected chi connectivity index (χ2v) is 4.98. The van der Waals surface area contributed by atoms with Crippen LogP contribution in [0.1, 0.15) is 23.0 Å². The Bertz CT molecular complexity index is 623. The summed E-state index contributed by atoms with van der Waals surface area (Å²) in [5, 5.41) is 6.82. The van der Waals surface area contributed by atoms with E-state index in [0.717, 1.165) is 10.0 Å². The highest BCUT2D eigenvalue weighted by Gasteiger charge is 2.16. The van der Waals surface area contributed by atoms with Crippen LogP contribution in [-0.4, -0.2) is 20.7 Å². The topological polar surface area (TPSA) is 85.8 Å². The summed E-state index contributed by atoms with van der Waals surface area (Å²) in [6.07, 6.45) is 3.26. The lowest BCUT2D eigenvalue weighted by atomic mass is 10.3. The number of hydrogen-bond donors (Lipinski definition) is 2. The summed E-state index contributed by atoms with van der Waals surface area (Å²) in [5.74, 6) is 0.140. The Morgan fingerprint density at radius 2 is 2.32 bits per heavy atom. The molecule has 0 aromatic carbocycles. The van der Waals surface area contributed by atoms with E-state index in [1.165, 1.54) is 0 Å². The van der Waals surface area contributed by atoms with E-state index in [9.17, 15) is 4.79 Å². The van der Waals surface area contributed by atoms with Crippen molar-refractivity contribution in [1.29, 1.82) is 0 Å². The molecule has 0 unspecified atom stereocenters. The molecule has 3 N–H and O–H groups in total.